The third-order valence-electron chi connectivity index (χ3n) is 2.96. The summed E-state index contributed by atoms with van der Waals surface area (Å²) < 4.78 is 10.9. The van der Waals surface area contributed by atoms with Crippen LogP contribution in [-0.2, 0) is 11.2 Å². The van der Waals surface area contributed by atoms with Crippen LogP contribution in [0.2, 0.25) is 5.02 Å². The first kappa shape index (κ1) is 15.3. The molecule has 102 valence electrons. The zero-order valence-corrected chi connectivity index (χ0v) is 12.0. The van der Waals surface area contributed by atoms with Crippen LogP contribution >= 0.6 is 11.6 Å². The summed E-state index contributed by atoms with van der Waals surface area (Å²) in [6, 6.07) is 5.53. The number of benzene rings is 1. The average molecular weight is 272 g/mol. The molecule has 0 aromatic heterocycles. The predicted octanol–water partition coefficient (Wildman–Crippen LogP) is 3.03. The lowest BCUT2D eigenvalue weighted by Gasteiger charge is -2.23. The van der Waals surface area contributed by atoms with Crippen molar-refractivity contribution in [3.05, 3.63) is 28.8 Å². The third-order valence-corrected chi connectivity index (χ3v) is 3.19. The maximum Gasteiger partial charge on any atom is 0.122 e. The Morgan fingerprint density at radius 3 is 2.61 bits per heavy atom. The summed E-state index contributed by atoms with van der Waals surface area (Å²) in [4.78, 5) is 0. The first-order valence-electron chi connectivity index (χ1n) is 6.31. The summed E-state index contributed by atoms with van der Waals surface area (Å²) in [5, 5.41) is 0.697. The Kier molecular flexibility index (Phi) is 6.47. The molecule has 0 aliphatic rings. The quantitative estimate of drug-likeness (QED) is 0.829. The van der Waals surface area contributed by atoms with Gasteiger partial charge in [0.1, 0.15) is 5.75 Å². The summed E-state index contributed by atoms with van der Waals surface area (Å²) in [5.74, 6) is 0.821. The number of hydrogen-bond acceptors (Lipinski definition) is 3. The van der Waals surface area contributed by atoms with Crippen LogP contribution < -0.4 is 10.5 Å². The Labute approximate surface area is 114 Å². The summed E-state index contributed by atoms with van der Waals surface area (Å²) in [5.41, 5.74) is 7.22. The maximum absolute atomic E-state index is 6.20. The van der Waals surface area contributed by atoms with Crippen molar-refractivity contribution in [2.24, 2.45) is 5.73 Å². The predicted molar refractivity (Wildman–Crippen MR) is 75.4 cm³/mol. The van der Waals surface area contributed by atoms with E-state index in [1.807, 2.05) is 25.1 Å². The van der Waals surface area contributed by atoms with E-state index in [4.69, 9.17) is 26.8 Å². The SMILES string of the molecule is CCOC(CC)C(N)Cc1cc(Cl)ccc1OC. The van der Waals surface area contributed by atoms with Gasteiger partial charge in [-0.05, 0) is 43.5 Å². The van der Waals surface area contributed by atoms with E-state index in [-0.39, 0.29) is 12.1 Å². The van der Waals surface area contributed by atoms with Crippen molar-refractivity contribution >= 4 is 11.6 Å². The van der Waals surface area contributed by atoms with E-state index in [9.17, 15) is 0 Å². The third kappa shape index (κ3) is 4.16. The second kappa shape index (κ2) is 7.62. The minimum Gasteiger partial charge on any atom is -0.496 e. The standard InChI is InChI=1S/C14H22ClNO2/c1-4-13(18-5-2)12(16)9-10-8-11(15)6-7-14(10)17-3/h6-8,12-13H,4-5,9,16H2,1-3H3. The van der Waals surface area contributed by atoms with E-state index in [0.29, 0.717) is 18.1 Å². The lowest BCUT2D eigenvalue weighted by Crippen LogP contribution is -2.38. The summed E-state index contributed by atoms with van der Waals surface area (Å²) in [6.45, 7) is 4.74. The number of ether oxygens (including phenoxy) is 2. The smallest absolute Gasteiger partial charge is 0.122 e. The molecule has 1 aromatic carbocycles. The van der Waals surface area contributed by atoms with Crippen LogP contribution in [0.4, 0.5) is 0 Å². The normalized spacial score (nSPS) is 14.3. The van der Waals surface area contributed by atoms with Crippen molar-refractivity contribution in [1.82, 2.24) is 0 Å². The second-order valence-corrected chi connectivity index (χ2v) is 4.66. The highest BCUT2D eigenvalue weighted by Gasteiger charge is 2.18. The largest absolute Gasteiger partial charge is 0.496 e. The van der Waals surface area contributed by atoms with E-state index in [2.05, 4.69) is 6.92 Å². The molecule has 18 heavy (non-hydrogen) atoms. The Balaban J connectivity index is 2.79. The van der Waals surface area contributed by atoms with Crippen molar-refractivity contribution in [1.29, 1.82) is 0 Å². The minimum atomic E-state index is -0.0534. The highest BCUT2D eigenvalue weighted by molar-refractivity contribution is 6.30. The van der Waals surface area contributed by atoms with Gasteiger partial charge in [-0.1, -0.05) is 18.5 Å². The van der Waals surface area contributed by atoms with Crippen LogP contribution in [0.15, 0.2) is 18.2 Å². The monoisotopic (exact) mass is 271 g/mol. The van der Waals surface area contributed by atoms with Gasteiger partial charge in [-0.25, -0.2) is 0 Å². The molecule has 0 saturated heterocycles. The van der Waals surface area contributed by atoms with E-state index in [1.165, 1.54) is 0 Å². The van der Waals surface area contributed by atoms with E-state index in [0.717, 1.165) is 17.7 Å². The minimum absolute atomic E-state index is 0.0534. The van der Waals surface area contributed by atoms with E-state index < -0.39 is 0 Å². The van der Waals surface area contributed by atoms with E-state index in [1.54, 1.807) is 7.11 Å². The van der Waals surface area contributed by atoms with Crippen LogP contribution in [0.5, 0.6) is 5.75 Å². The van der Waals surface area contributed by atoms with Crippen LogP contribution in [0, 0.1) is 0 Å². The highest BCUT2D eigenvalue weighted by atomic mass is 35.5. The van der Waals surface area contributed by atoms with Gasteiger partial charge >= 0.3 is 0 Å². The van der Waals surface area contributed by atoms with Crippen LogP contribution in [0.25, 0.3) is 0 Å². The second-order valence-electron chi connectivity index (χ2n) is 4.23. The maximum atomic E-state index is 6.20. The Morgan fingerprint density at radius 2 is 2.06 bits per heavy atom. The van der Waals surface area contributed by atoms with Crippen LogP contribution in [0.3, 0.4) is 0 Å². The van der Waals surface area contributed by atoms with Gasteiger partial charge < -0.3 is 15.2 Å². The summed E-state index contributed by atoms with van der Waals surface area (Å²) >= 11 is 6.00. The molecule has 0 fully saturated rings. The fourth-order valence-corrected chi connectivity index (χ4v) is 2.25. The molecule has 4 heteroatoms. The molecule has 0 saturated carbocycles. The summed E-state index contributed by atoms with van der Waals surface area (Å²) in [7, 11) is 1.65. The number of nitrogens with two attached hydrogens (primary N) is 1. The molecule has 3 nitrogen and oxygen atoms in total. The first-order chi connectivity index (χ1) is 8.62. The molecule has 2 N–H and O–H groups in total. The molecule has 0 aliphatic carbocycles. The van der Waals surface area contributed by atoms with Crippen molar-refractivity contribution in [3.63, 3.8) is 0 Å². The molecule has 0 amide bonds. The molecule has 1 rings (SSSR count). The zero-order chi connectivity index (χ0) is 13.5. The Morgan fingerprint density at radius 1 is 1.33 bits per heavy atom. The fourth-order valence-electron chi connectivity index (χ4n) is 2.05. The average Bonchev–Trinajstić information content (AvgIpc) is 2.36. The topological polar surface area (TPSA) is 44.5 Å². The van der Waals surface area contributed by atoms with Crippen molar-refractivity contribution in [2.45, 2.75) is 38.8 Å². The molecule has 0 bridgehead atoms. The van der Waals surface area contributed by atoms with Gasteiger partial charge in [-0.3, -0.25) is 0 Å². The van der Waals surface area contributed by atoms with Crippen molar-refractivity contribution in [3.8, 4) is 5.75 Å². The van der Waals surface area contributed by atoms with Crippen molar-refractivity contribution < 1.29 is 9.47 Å². The lowest BCUT2D eigenvalue weighted by molar-refractivity contribution is 0.0416. The fraction of sp³-hybridized carbons (Fsp3) is 0.571. The molecule has 2 unspecified atom stereocenters. The van der Waals surface area contributed by atoms with Gasteiger partial charge in [0.05, 0.1) is 13.2 Å². The molecule has 2 atom stereocenters. The molecule has 1 aromatic rings. The van der Waals surface area contributed by atoms with Gasteiger partial charge in [0, 0.05) is 17.7 Å². The van der Waals surface area contributed by atoms with Gasteiger partial charge in [0.15, 0.2) is 0 Å². The van der Waals surface area contributed by atoms with Crippen LogP contribution in [-0.4, -0.2) is 25.9 Å². The molecular weight excluding hydrogens is 250 g/mol. The van der Waals surface area contributed by atoms with Crippen LogP contribution in [0.1, 0.15) is 25.8 Å². The van der Waals surface area contributed by atoms with Crippen molar-refractivity contribution in [2.75, 3.05) is 13.7 Å². The molecule has 0 spiro atoms. The van der Waals surface area contributed by atoms with Gasteiger partial charge in [0.2, 0.25) is 0 Å². The van der Waals surface area contributed by atoms with Gasteiger partial charge in [0.25, 0.3) is 0 Å². The molecule has 0 aliphatic heterocycles. The molecular formula is C14H22ClNO2. The Hall–Kier alpha value is -0.770. The summed E-state index contributed by atoms with van der Waals surface area (Å²) in [6.07, 6.45) is 1.67. The molecule has 0 radical (unpaired) electrons. The van der Waals surface area contributed by atoms with Gasteiger partial charge in [-0.15, -0.1) is 0 Å². The number of methoxy groups -OCH3 is 1. The number of hydrogen-bond donors (Lipinski definition) is 1. The lowest BCUT2D eigenvalue weighted by atomic mass is 9.99. The van der Waals surface area contributed by atoms with Gasteiger partial charge in [-0.2, -0.15) is 0 Å². The number of rotatable bonds is 7. The zero-order valence-electron chi connectivity index (χ0n) is 11.3. The molecule has 0 heterocycles. The Bertz CT molecular complexity index is 371. The first-order valence-corrected chi connectivity index (χ1v) is 6.69. The van der Waals surface area contributed by atoms with E-state index >= 15 is 0 Å². The number of halogens is 1. The highest BCUT2D eigenvalue weighted by Crippen LogP contribution is 2.24.